The van der Waals surface area contributed by atoms with Gasteiger partial charge < -0.3 is 14.3 Å². The van der Waals surface area contributed by atoms with E-state index in [-0.39, 0.29) is 11.6 Å². The topological polar surface area (TPSA) is 55.8 Å². The van der Waals surface area contributed by atoms with Crippen LogP contribution < -0.4 is 4.74 Å². The number of hydrogen-bond acceptors (Lipinski definition) is 3. The Morgan fingerprint density at radius 3 is 2.27 bits per heavy atom. The Labute approximate surface area is 133 Å². The number of benzene rings is 1. The maximum atomic E-state index is 11.4. The molecule has 0 saturated carbocycles. The van der Waals surface area contributed by atoms with Crippen LogP contribution in [0.3, 0.4) is 0 Å². The lowest BCUT2D eigenvalue weighted by atomic mass is 10.2. The molecule has 0 saturated heterocycles. The molecule has 0 aromatic heterocycles. The molecule has 4 nitrogen and oxygen atoms in total. The van der Waals surface area contributed by atoms with Gasteiger partial charge >= 0.3 is 5.97 Å². The van der Waals surface area contributed by atoms with E-state index in [2.05, 4.69) is 27.4 Å². The summed E-state index contributed by atoms with van der Waals surface area (Å²) in [5.41, 5.74) is 0.986. The summed E-state index contributed by atoms with van der Waals surface area (Å²) in [4.78, 5) is 11.4. The van der Waals surface area contributed by atoms with E-state index in [1.807, 2.05) is 25.2 Å². The quantitative estimate of drug-likeness (QED) is 0.765. The van der Waals surface area contributed by atoms with E-state index >= 15 is 0 Å². The highest BCUT2D eigenvalue weighted by Gasteiger charge is 2.41. The van der Waals surface area contributed by atoms with E-state index in [1.165, 1.54) is 0 Å². The van der Waals surface area contributed by atoms with E-state index in [4.69, 9.17) is 9.16 Å². The molecular weight excluding hydrogens is 296 g/mol. The second kappa shape index (κ2) is 7.11. The van der Waals surface area contributed by atoms with Crippen LogP contribution in [0.4, 0.5) is 0 Å². The zero-order valence-electron chi connectivity index (χ0n) is 14.1. The number of aliphatic carboxylic acids is 1. The second-order valence-corrected chi connectivity index (χ2v) is 11.5. The molecule has 5 heteroatoms. The predicted molar refractivity (Wildman–Crippen MR) is 91.7 cm³/mol. The van der Waals surface area contributed by atoms with Crippen molar-refractivity contribution in [3.05, 3.63) is 36.4 Å². The summed E-state index contributed by atoms with van der Waals surface area (Å²) in [5.74, 6) is -0.372. The Balaban J connectivity index is 2.72. The van der Waals surface area contributed by atoms with Gasteiger partial charge in [-0.25, -0.2) is 4.79 Å². The number of rotatable bonds is 7. The lowest BCUT2D eigenvalue weighted by molar-refractivity contribution is -0.147. The summed E-state index contributed by atoms with van der Waals surface area (Å²) in [6.45, 7) is 14.0. The Hall–Kier alpha value is -1.59. The fraction of sp³-hybridized carbons (Fsp3) is 0.471. The Morgan fingerprint density at radius 2 is 1.86 bits per heavy atom. The van der Waals surface area contributed by atoms with Crippen molar-refractivity contribution in [2.24, 2.45) is 0 Å². The third-order valence-corrected chi connectivity index (χ3v) is 8.52. The third-order valence-electron chi connectivity index (χ3n) is 4.04. The molecule has 0 heterocycles. The number of carbonyl (C=O) groups is 1. The molecule has 0 fully saturated rings. The van der Waals surface area contributed by atoms with Gasteiger partial charge in [-0.3, -0.25) is 0 Å². The Morgan fingerprint density at radius 1 is 1.32 bits per heavy atom. The van der Waals surface area contributed by atoms with Gasteiger partial charge in [0.15, 0.2) is 14.4 Å². The molecule has 0 bridgehead atoms. The highest BCUT2D eigenvalue weighted by Crippen LogP contribution is 2.37. The maximum Gasteiger partial charge on any atom is 0.335 e. The standard InChI is InChI=1S/C17H26O4Si/c1-7-13-8-10-14(11-9-13)20-12-15(16(18)19)21-22(5,6)17(2,3)4/h7-11,15H,1,12H2,2-6H3,(H,18,19). The van der Waals surface area contributed by atoms with Crippen LogP contribution in [0.2, 0.25) is 18.1 Å². The van der Waals surface area contributed by atoms with E-state index in [0.717, 1.165) is 5.56 Å². The van der Waals surface area contributed by atoms with Crippen LogP contribution in [0.15, 0.2) is 30.8 Å². The Bertz CT molecular complexity index is 514. The minimum Gasteiger partial charge on any atom is -0.490 e. The Kier molecular flexibility index (Phi) is 5.97. The maximum absolute atomic E-state index is 11.4. The van der Waals surface area contributed by atoms with Crippen LogP contribution in [-0.4, -0.2) is 32.1 Å². The van der Waals surface area contributed by atoms with Crippen LogP contribution in [-0.2, 0) is 9.22 Å². The van der Waals surface area contributed by atoms with E-state index in [9.17, 15) is 9.90 Å². The molecule has 1 atom stereocenters. The van der Waals surface area contributed by atoms with Crippen LogP contribution in [0, 0.1) is 0 Å². The van der Waals surface area contributed by atoms with Crippen molar-refractivity contribution >= 4 is 20.4 Å². The zero-order valence-corrected chi connectivity index (χ0v) is 15.1. The van der Waals surface area contributed by atoms with Crippen molar-refractivity contribution in [1.29, 1.82) is 0 Å². The molecule has 1 unspecified atom stereocenters. The number of carboxylic acids is 1. The van der Waals surface area contributed by atoms with Crippen molar-refractivity contribution in [1.82, 2.24) is 0 Å². The molecule has 122 valence electrons. The van der Waals surface area contributed by atoms with Crippen LogP contribution in [0.5, 0.6) is 5.75 Å². The lowest BCUT2D eigenvalue weighted by Crippen LogP contribution is -2.47. The van der Waals surface area contributed by atoms with Gasteiger partial charge in [0.2, 0.25) is 0 Å². The minimum absolute atomic E-state index is 0.00468. The number of hydrogen-bond donors (Lipinski definition) is 1. The molecule has 0 aliphatic heterocycles. The monoisotopic (exact) mass is 322 g/mol. The summed E-state index contributed by atoms with van der Waals surface area (Å²) in [7, 11) is -2.16. The van der Waals surface area contributed by atoms with Gasteiger partial charge in [0, 0.05) is 0 Å². The predicted octanol–water partition coefficient (Wildman–Crippen LogP) is 4.18. The van der Waals surface area contributed by atoms with E-state index < -0.39 is 20.4 Å². The second-order valence-electron chi connectivity index (χ2n) is 6.79. The zero-order chi connectivity index (χ0) is 17.0. The lowest BCUT2D eigenvalue weighted by Gasteiger charge is -2.38. The SMILES string of the molecule is C=Cc1ccc(OCC(O[Si](C)(C)C(C)(C)C)C(=O)O)cc1. The molecule has 1 rings (SSSR count). The molecule has 0 spiro atoms. The summed E-state index contributed by atoms with van der Waals surface area (Å²) in [6, 6.07) is 7.32. The van der Waals surface area contributed by atoms with Gasteiger partial charge in [-0.15, -0.1) is 0 Å². The minimum atomic E-state index is -2.16. The molecule has 0 amide bonds. The smallest absolute Gasteiger partial charge is 0.335 e. The molecule has 1 N–H and O–H groups in total. The number of carboxylic acid groups (broad SMARTS) is 1. The van der Waals surface area contributed by atoms with Crippen LogP contribution in [0.25, 0.3) is 6.08 Å². The molecule has 1 aromatic rings. The fourth-order valence-electron chi connectivity index (χ4n) is 1.56. The van der Waals surface area contributed by atoms with Crippen LogP contribution in [0.1, 0.15) is 26.3 Å². The summed E-state index contributed by atoms with van der Waals surface area (Å²) in [6.07, 6.45) is 0.782. The third kappa shape index (κ3) is 5.00. The molecule has 1 aromatic carbocycles. The first-order chi connectivity index (χ1) is 10.1. The molecule has 0 aliphatic rings. The largest absolute Gasteiger partial charge is 0.490 e. The van der Waals surface area contributed by atoms with Gasteiger partial charge in [0.05, 0.1) is 0 Å². The van der Waals surface area contributed by atoms with Crippen molar-refractivity contribution in [2.75, 3.05) is 6.61 Å². The normalized spacial score (nSPS) is 13.5. The van der Waals surface area contributed by atoms with Crippen molar-refractivity contribution in [3.63, 3.8) is 0 Å². The molecule has 22 heavy (non-hydrogen) atoms. The van der Waals surface area contributed by atoms with E-state index in [0.29, 0.717) is 5.75 Å². The van der Waals surface area contributed by atoms with Crippen molar-refractivity contribution in [2.45, 2.75) is 45.0 Å². The first-order valence-corrected chi connectivity index (χ1v) is 10.2. The van der Waals surface area contributed by atoms with Gasteiger partial charge in [-0.2, -0.15) is 0 Å². The summed E-state index contributed by atoms with van der Waals surface area (Å²) in [5, 5.41) is 9.32. The van der Waals surface area contributed by atoms with Gasteiger partial charge in [-0.05, 0) is 35.8 Å². The highest BCUT2D eigenvalue weighted by molar-refractivity contribution is 6.74. The fourth-order valence-corrected chi connectivity index (χ4v) is 2.79. The van der Waals surface area contributed by atoms with Gasteiger partial charge in [0.1, 0.15) is 12.4 Å². The summed E-state index contributed by atoms with van der Waals surface area (Å²) < 4.78 is 11.5. The van der Waals surface area contributed by atoms with E-state index in [1.54, 1.807) is 18.2 Å². The average molecular weight is 322 g/mol. The van der Waals surface area contributed by atoms with Crippen LogP contribution >= 0.6 is 0 Å². The molecule has 0 radical (unpaired) electrons. The average Bonchev–Trinajstić information content (AvgIpc) is 2.42. The van der Waals surface area contributed by atoms with Crippen molar-refractivity contribution in [3.8, 4) is 5.75 Å². The van der Waals surface area contributed by atoms with Gasteiger partial charge in [0.25, 0.3) is 0 Å². The molecule has 0 aliphatic carbocycles. The first-order valence-electron chi connectivity index (χ1n) is 7.33. The summed E-state index contributed by atoms with van der Waals surface area (Å²) >= 11 is 0. The van der Waals surface area contributed by atoms with Gasteiger partial charge in [-0.1, -0.05) is 45.6 Å². The number of ether oxygens (including phenoxy) is 1. The van der Waals surface area contributed by atoms with Crippen molar-refractivity contribution < 1.29 is 19.1 Å². The first kappa shape index (κ1) is 18.5. The molecular formula is C17H26O4Si. The highest BCUT2D eigenvalue weighted by atomic mass is 28.4.